The summed E-state index contributed by atoms with van der Waals surface area (Å²) < 4.78 is 0. The summed E-state index contributed by atoms with van der Waals surface area (Å²) in [5.74, 6) is 0. The summed E-state index contributed by atoms with van der Waals surface area (Å²) >= 11 is 0. The Bertz CT molecular complexity index is 366. The lowest BCUT2D eigenvalue weighted by atomic mass is 10.1. The van der Waals surface area contributed by atoms with Gasteiger partial charge in [0.1, 0.15) is 0 Å². The van der Waals surface area contributed by atoms with E-state index in [1.54, 1.807) is 12.1 Å². The largest absolute Gasteiger partial charge is 0.397 e. The van der Waals surface area contributed by atoms with Gasteiger partial charge in [0.2, 0.25) is 0 Å². The third-order valence-corrected chi connectivity index (χ3v) is 2.53. The molecular formula is C13H19N3. The van der Waals surface area contributed by atoms with E-state index in [0.29, 0.717) is 11.3 Å². The van der Waals surface area contributed by atoms with E-state index in [1.807, 2.05) is 6.07 Å². The van der Waals surface area contributed by atoms with E-state index in [1.165, 1.54) is 19.3 Å². The first-order valence-electron chi connectivity index (χ1n) is 5.81. The van der Waals surface area contributed by atoms with E-state index < -0.39 is 0 Å². The number of nitrogen functional groups attached to an aromatic ring is 1. The fourth-order valence-electron chi connectivity index (χ4n) is 1.57. The van der Waals surface area contributed by atoms with Crippen LogP contribution in [0, 0.1) is 11.3 Å². The van der Waals surface area contributed by atoms with Gasteiger partial charge in [0, 0.05) is 6.54 Å². The van der Waals surface area contributed by atoms with Gasteiger partial charge in [-0.3, -0.25) is 0 Å². The Labute approximate surface area is 97.3 Å². The number of benzene rings is 1. The molecule has 0 amide bonds. The first kappa shape index (κ1) is 12.4. The summed E-state index contributed by atoms with van der Waals surface area (Å²) in [7, 11) is 0. The Morgan fingerprint density at radius 1 is 1.31 bits per heavy atom. The summed E-state index contributed by atoms with van der Waals surface area (Å²) in [6.07, 6.45) is 4.94. The molecule has 1 aromatic carbocycles. The van der Waals surface area contributed by atoms with Crippen molar-refractivity contribution < 1.29 is 0 Å². The predicted octanol–water partition coefficient (Wildman–Crippen LogP) is 3.13. The summed E-state index contributed by atoms with van der Waals surface area (Å²) in [5.41, 5.74) is 8.00. The zero-order chi connectivity index (χ0) is 11.8. The monoisotopic (exact) mass is 217 g/mol. The average molecular weight is 217 g/mol. The molecule has 0 radical (unpaired) electrons. The number of nitrogens with two attached hydrogens (primary N) is 1. The van der Waals surface area contributed by atoms with Gasteiger partial charge < -0.3 is 11.1 Å². The average Bonchev–Trinajstić information content (AvgIpc) is 2.30. The molecule has 0 heterocycles. The molecule has 0 unspecified atom stereocenters. The molecule has 1 rings (SSSR count). The number of anilines is 2. The van der Waals surface area contributed by atoms with Crippen LogP contribution < -0.4 is 11.1 Å². The van der Waals surface area contributed by atoms with Gasteiger partial charge in [-0.2, -0.15) is 5.26 Å². The Kier molecular flexibility index (Phi) is 5.21. The van der Waals surface area contributed by atoms with Gasteiger partial charge >= 0.3 is 0 Å². The smallest absolute Gasteiger partial charge is 0.0992 e. The minimum Gasteiger partial charge on any atom is -0.397 e. The van der Waals surface area contributed by atoms with Crippen molar-refractivity contribution in [1.29, 1.82) is 5.26 Å². The Morgan fingerprint density at radius 3 is 2.75 bits per heavy atom. The lowest BCUT2D eigenvalue weighted by molar-refractivity contribution is 0.685. The van der Waals surface area contributed by atoms with Crippen LogP contribution in [0.15, 0.2) is 18.2 Å². The highest BCUT2D eigenvalue weighted by Gasteiger charge is 1.99. The Morgan fingerprint density at radius 2 is 2.12 bits per heavy atom. The molecule has 0 saturated carbocycles. The molecule has 16 heavy (non-hydrogen) atoms. The molecule has 0 aliphatic rings. The van der Waals surface area contributed by atoms with Crippen LogP contribution in [0.4, 0.5) is 11.4 Å². The molecule has 0 bridgehead atoms. The van der Waals surface area contributed by atoms with Crippen LogP contribution in [0.1, 0.15) is 38.2 Å². The number of rotatable bonds is 6. The van der Waals surface area contributed by atoms with Crippen molar-refractivity contribution in [3.8, 4) is 6.07 Å². The van der Waals surface area contributed by atoms with Crippen LogP contribution in [-0.2, 0) is 0 Å². The number of nitrogens with one attached hydrogen (secondary N) is 1. The predicted molar refractivity (Wildman–Crippen MR) is 68.2 cm³/mol. The van der Waals surface area contributed by atoms with E-state index in [9.17, 15) is 0 Å². The number of nitriles is 1. The van der Waals surface area contributed by atoms with Crippen molar-refractivity contribution in [1.82, 2.24) is 0 Å². The number of hydrogen-bond acceptors (Lipinski definition) is 3. The normalized spacial score (nSPS) is 9.75. The second kappa shape index (κ2) is 6.73. The quantitative estimate of drug-likeness (QED) is 0.568. The van der Waals surface area contributed by atoms with Crippen molar-refractivity contribution in [2.75, 3.05) is 17.6 Å². The molecule has 0 atom stereocenters. The minimum absolute atomic E-state index is 0.606. The van der Waals surface area contributed by atoms with Gasteiger partial charge in [-0.05, 0) is 24.6 Å². The summed E-state index contributed by atoms with van der Waals surface area (Å²) in [6.45, 7) is 3.14. The summed E-state index contributed by atoms with van der Waals surface area (Å²) in [4.78, 5) is 0. The number of nitrogens with zero attached hydrogens (tertiary/aromatic N) is 1. The van der Waals surface area contributed by atoms with Crippen molar-refractivity contribution in [2.45, 2.75) is 32.6 Å². The lowest BCUT2D eigenvalue weighted by Crippen LogP contribution is -2.04. The molecule has 3 N–H and O–H groups in total. The van der Waals surface area contributed by atoms with E-state index in [0.717, 1.165) is 18.7 Å². The van der Waals surface area contributed by atoms with E-state index in [2.05, 4.69) is 18.3 Å². The van der Waals surface area contributed by atoms with Crippen LogP contribution in [-0.4, -0.2) is 6.54 Å². The van der Waals surface area contributed by atoms with Gasteiger partial charge in [-0.25, -0.2) is 0 Å². The molecule has 1 aromatic rings. The molecule has 0 fully saturated rings. The zero-order valence-corrected chi connectivity index (χ0v) is 9.79. The highest BCUT2D eigenvalue weighted by Crippen LogP contribution is 2.19. The second-order valence-corrected chi connectivity index (χ2v) is 3.90. The maximum absolute atomic E-state index is 8.70. The first-order valence-corrected chi connectivity index (χ1v) is 5.81. The third kappa shape index (κ3) is 3.82. The third-order valence-electron chi connectivity index (χ3n) is 2.53. The fourth-order valence-corrected chi connectivity index (χ4v) is 1.57. The number of unbranched alkanes of at least 4 members (excludes halogenated alkanes) is 3. The van der Waals surface area contributed by atoms with Crippen LogP contribution in [0.2, 0.25) is 0 Å². The van der Waals surface area contributed by atoms with Gasteiger partial charge in [0.25, 0.3) is 0 Å². The molecule has 0 saturated heterocycles. The molecule has 3 heteroatoms. The van der Waals surface area contributed by atoms with E-state index in [4.69, 9.17) is 11.0 Å². The van der Waals surface area contributed by atoms with Gasteiger partial charge in [-0.1, -0.05) is 26.2 Å². The second-order valence-electron chi connectivity index (χ2n) is 3.90. The van der Waals surface area contributed by atoms with Crippen molar-refractivity contribution in [2.24, 2.45) is 0 Å². The topological polar surface area (TPSA) is 61.8 Å². The Hall–Kier alpha value is -1.69. The van der Waals surface area contributed by atoms with Crippen molar-refractivity contribution in [3.05, 3.63) is 23.8 Å². The van der Waals surface area contributed by atoms with E-state index >= 15 is 0 Å². The SMILES string of the molecule is CCCCCCNc1ccc(C#N)cc1N. The maximum atomic E-state index is 8.70. The van der Waals surface area contributed by atoms with Crippen molar-refractivity contribution >= 4 is 11.4 Å². The molecule has 86 valence electrons. The maximum Gasteiger partial charge on any atom is 0.0992 e. The molecule has 0 spiro atoms. The van der Waals surface area contributed by atoms with Gasteiger partial charge in [0.05, 0.1) is 23.0 Å². The first-order chi connectivity index (χ1) is 7.77. The van der Waals surface area contributed by atoms with Crippen LogP contribution in [0.5, 0.6) is 0 Å². The van der Waals surface area contributed by atoms with Crippen LogP contribution in [0.3, 0.4) is 0 Å². The zero-order valence-electron chi connectivity index (χ0n) is 9.79. The summed E-state index contributed by atoms with van der Waals surface area (Å²) in [6, 6.07) is 7.43. The highest BCUT2D eigenvalue weighted by atomic mass is 14.9. The highest BCUT2D eigenvalue weighted by molar-refractivity contribution is 5.68. The minimum atomic E-state index is 0.606. The van der Waals surface area contributed by atoms with E-state index in [-0.39, 0.29) is 0 Å². The number of hydrogen-bond donors (Lipinski definition) is 2. The Balaban J connectivity index is 2.40. The molecule has 3 nitrogen and oxygen atoms in total. The molecule has 0 aliphatic carbocycles. The summed E-state index contributed by atoms with van der Waals surface area (Å²) in [5, 5.41) is 12.0. The fraction of sp³-hybridized carbons (Fsp3) is 0.462. The lowest BCUT2D eigenvalue weighted by Gasteiger charge is -2.09. The van der Waals surface area contributed by atoms with Gasteiger partial charge in [0.15, 0.2) is 0 Å². The molecule has 0 aliphatic heterocycles. The molecular weight excluding hydrogens is 198 g/mol. The standard InChI is InChI=1S/C13H19N3/c1-2-3-4-5-8-16-13-7-6-11(10-14)9-12(13)15/h6-7,9,16H,2-5,8,15H2,1H3. The van der Waals surface area contributed by atoms with Crippen molar-refractivity contribution in [3.63, 3.8) is 0 Å². The van der Waals surface area contributed by atoms with Crippen LogP contribution in [0.25, 0.3) is 0 Å². The molecule has 0 aromatic heterocycles. The van der Waals surface area contributed by atoms with Crippen LogP contribution >= 0.6 is 0 Å². The van der Waals surface area contributed by atoms with Gasteiger partial charge in [-0.15, -0.1) is 0 Å².